The van der Waals surface area contributed by atoms with Crippen molar-refractivity contribution in [3.63, 3.8) is 0 Å². The van der Waals surface area contributed by atoms with E-state index in [1.807, 2.05) is 36.4 Å². The largest absolute Gasteiger partial charge is 0.480 e. The summed E-state index contributed by atoms with van der Waals surface area (Å²) in [7, 11) is -2.56. The fraction of sp³-hybridized carbons (Fsp3) is 0.133. The Morgan fingerprint density at radius 3 is 2.42 bits per heavy atom. The number of aryl methyl sites for hydroxylation is 1. The first kappa shape index (κ1) is 29.2. The van der Waals surface area contributed by atoms with Gasteiger partial charge in [-0.15, -0.1) is 0 Å². The lowest BCUT2D eigenvalue weighted by atomic mass is 10.1. The number of fused-ring (bicyclic) bond motifs is 1. The number of aromatic amines is 1. The van der Waals surface area contributed by atoms with Crippen LogP contribution in [-0.2, 0) is 28.4 Å². The first-order chi connectivity index (χ1) is 20.6. The smallest absolute Gasteiger partial charge is 0.323 e. The van der Waals surface area contributed by atoms with Crippen LogP contribution in [-0.4, -0.2) is 52.5 Å². The molecule has 1 unspecified atom stereocenters. The number of aromatic nitrogens is 3. The number of nitrogens with zero attached hydrogens (tertiary/aromatic N) is 2. The van der Waals surface area contributed by atoms with Crippen molar-refractivity contribution in [2.75, 3.05) is 11.9 Å². The SMILES string of the molecule is Cn1cc(C(=O)NCC(NS(=O)(=O)c2ccc(-c3ccccc3)cc2)C(=O)O)c(=O)c2ccc(CNc3ncc[nH]3)cc21. The van der Waals surface area contributed by atoms with Crippen LogP contribution in [0.5, 0.6) is 0 Å². The molecule has 2 aromatic heterocycles. The molecule has 0 bridgehead atoms. The van der Waals surface area contributed by atoms with E-state index in [-0.39, 0.29) is 10.5 Å². The van der Waals surface area contributed by atoms with Crippen molar-refractivity contribution in [1.82, 2.24) is 24.6 Å². The molecule has 0 spiro atoms. The Balaban J connectivity index is 1.28. The molecule has 0 saturated carbocycles. The molecule has 0 fully saturated rings. The number of imidazole rings is 1. The van der Waals surface area contributed by atoms with Gasteiger partial charge in [0.15, 0.2) is 5.95 Å². The molecule has 43 heavy (non-hydrogen) atoms. The number of amides is 1. The summed E-state index contributed by atoms with van der Waals surface area (Å²) >= 11 is 0. The maximum atomic E-state index is 13.2. The van der Waals surface area contributed by atoms with Crippen LogP contribution >= 0.6 is 0 Å². The lowest BCUT2D eigenvalue weighted by Crippen LogP contribution is -2.48. The maximum Gasteiger partial charge on any atom is 0.323 e. The van der Waals surface area contributed by atoms with Crippen LogP contribution in [0, 0.1) is 0 Å². The number of aliphatic carboxylic acids is 1. The van der Waals surface area contributed by atoms with Gasteiger partial charge in [0, 0.05) is 44.1 Å². The van der Waals surface area contributed by atoms with E-state index < -0.39 is 39.9 Å². The number of carboxylic acid groups (broad SMARTS) is 1. The highest BCUT2D eigenvalue weighted by molar-refractivity contribution is 7.89. The van der Waals surface area contributed by atoms with Crippen LogP contribution in [0.15, 0.2) is 101 Å². The van der Waals surface area contributed by atoms with E-state index in [0.29, 0.717) is 23.4 Å². The van der Waals surface area contributed by atoms with Gasteiger partial charge in [0.1, 0.15) is 11.6 Å². The second-order valence-electron chi connectivity index (χ2n) is 9.74. The third kappa shape index (κ3) is 6.63. The van der Waals surface area contributed by atoms with Gasteiger partial charge < -0.3 is 25.3 Å². The van der Waals surface area contributed by atoms with Gasteiger partial charge in [-0.25, -0.2) is 13.4 Å². The van der Waals surface area contributed by atoms with Crippen molar-refractivity contribution in [1.29, 1.82) is 0 Å². The predicted molar refractivity (Wildman–Crippen MR) is 161 cm³/mol. The fourth-order valence-electron chi connectivity index (χ4n) is 4.53. The molecule has 2 heterocycles. The Morgan fingerprint density at radius 1 is 1.02 bits per heavy atom. The molecular formula is C30H28N6O6S. The third-order valence-electron chi connectivity index (χ3n) is 6.79. The highest BCUT2D eigenvalue weighted by atomic mass is 32.2. The maximum absolute atomic E-state index is 13.2. The number of H-pyrrole nitrogens is 1. The number of carboxylic acids is 1. The number of hydrogen-bond donors (Lipinski definition) is 5. The Morgan fingerprint density at radius 2 is 1.74 bits per heavy atom. The van der Waals surface area contributed by atoms with Gasteiger partial charge in [-0.05, 0) is 41.0 Å². The number of hydrogen-bond acceptors (Lipinski definition) is 7. The minimum Gasteiger partial charge on any atom is -0.480 e. The molecule has 13 heteroatoms. The number of benzene rings is 3. The quantitative estimate of drug-likeness (QED) is 0.154. The van der Waals surface area contributed by atoms with Crippen molar-refractivity contribution in [2.45, 2.75) is 17.5 Å². The third-order valence-corrected chi connectivity index (χ3v) is 8.28. The van der Waals surface area contributed by atoms with Gasteiger partial charge in [-0.3, -0.25) is 14.4 Å². The average molecular weight is 601 g/mol. The lowest BCUT2D eigenvalue weighted by molar-refractivity contribution is -0.138. The minimum atomic E-state index is -4.24. The average Bonchev–Trinajstić information content (AvgIpc) is 3.54. The van der Waals surface area contributed by atoms with Crippen molar-refractivity contribution < 1.29 is 23.1 Å². The second kappa shape index (κ2) is 12.3. The van der Waals surface area contributed by atoms with Gasteiger partial charge in [-0.2, -0.15) is 4.72 Å². The molecule has 0 saturated heterocycles. The van der Waals surface area contributed by atoms with Crippen molar-refractivity contribution in [3.8, 4) is 11.1 Å². The minimum absolute atomic E-state index is 0.133. The van der Waals surface area contributed by atoms with Crippen LogP contribution in [0.25, 0.3) is 22.0 Å². The molecular weight excluding hydrogens is 572 g/mol. The van der Waals surface area contributed by atoms with Gasteiger partial charge >= 0.3 is 5.97 Å². The van der Waals surface area contributed by atoms with Crippen molar-refractivity contribution >= 4 is 38.8 Å². The summed E-state index contributed by atoms with van der Waals surface area (Å²) in [5.41, 5.74) is 2.41. The molecule has 5 N–H and O–H groups in total. The molecule has 3 aromatic carbocycles. The highest BCUT2D eigenvalue weighted by Gasteiger charge is 2.27. The molecule has 220 valence electrons. The van der Waals surface area contributed by atoms with E-state index in [4.69, 9.17) is 0 Å². The number of rotatable bonds is 11. The molecule has 5 rings (SSSR count). The number of anilines is 1. The molecule has 1 amide bonds. The van der Waals surface area contributed by atoms with E-state index in [1.165, 1.54) is 18.3 Å². The van der Waals surface area contributed by atoms with E-state index in [2.05, 4.69) is 25.3 Å². The summed E-state index contributed by atoms with van der Waals surface area (Å²) < 4.78 is 29.6. The summed E-state index contributed by atoms with van der Waals surface area (Å²) in [6.07, 6.45) is 4.67. The summed E-state index contributed by atoms with van der Waals surface area (Å²) in [5.74, 6) is -1.72. The first-order valence-corrected chi connectivity index (χ1v) is 14.6. The van der Waals surface area contributed by atoms with E-state index in [0.717, 1.165) is 16.7 Å². The summed E-state index contributed by atoms with van der Waals surface area (Å²) in [4.78, 5) is 45.0. The van der Waals surface area contributed by atoms with Crippen molar-refractivity contribution in [3.05, 3.63) is 113 Å². The zero-order valence-corrected chi connectivity index (χ0v) is 23.8. The zero-order chi connectivity index (χ0) is 30.6. The number of carbonyl (C=O) groups excluding carboxylic acids is 1. The lowest BCUT2D eigenvalue weighted by Gasteiger charge is -2.16. The summed E-state index contributed by atoms with van der Waals surface area (Å²) in [5, 5.41) is 15.5. The molecule has 0 radical (unpaired) electrons. The van der Waals surface area contributed by atoms with Crippen LogP contribution in [0.4, 0.5) is 5.95 Å². The summed E-state index contributed by atoms with van der Waals surface area (Å²) in [6.45, 7) is -0.141. The van der Waals surface area contributed by atoms with Crippen LogP contribution in [0.2, 0.25) is 0 Å². The van der Waals surface area contributed by atoms with Gasteiger partial charge in [0.25, 0.3) is 5.91 Å². The standard InChI is InChI=1S/C30H28N6O6S/c1-36-18-24(27(37)23-12-7-19(15-26(23)36)16-34-30-31-13-14-32-30)28(38)33-17-25(29(39)40)35-43(41,42)22-10-8-21(9-11-22)20-5-3-2-4-6-20/h2-15,18,25,35H,16-17H2,1H3,(H,33,38)(H,39,40)(H2,31,32,34). The molecule has 0 aliphatic rings. The van der Waals surface area contributed by atoms with Crippen LogP contribution in [0.3, 0.4) is 0 Å². The predicted octanol–water partition coefficient (Wildman–Crippen LogP) is 2.70. The van der Waals surface area contributed by atoms with E-state index >= 15 is 0 Å². The zero-order valence-electron chi connectivity index (χ0n) is 22.9. The number of nitrogens with one attached hydrogen (secondary N) is 4. The molecule has 0 aliphatic carbocycles. The van der Waals surface area contributed by atoms with E-state index in [9.17, 15) is 27.9 Å². The molecule has 12 nitrogen and oxygen atoms in total. The Kier molecular flexibility index (Phi) is 8.36. The van der Waals surface area contributed by atoms with Gasteiger partial charge in [-0.1, -0.05) is 48.5 Å². The highest BCUT2D eigenvalue weighted by Crippen LogP contribution is 2.21. The second-order valence-corrected chi connectivity index (χ2v) is 11.5. The van der Waals surface area contributed by atoms with Crippen LogP contribution in [0.1, 0.15) is 15.9 Å². The number of sulfonamides is 1. The number of carbonyl (C=O) groups is 2. The normalized spacial score (nSPS) is 12.1. The Hall–Kier alpha value is -5.27. The van der Waals surface area contributed by atoms with Gasteiger partial charge in [0.2, 0.25) is 15.5 Å². The Labute approximate surface area is 246 Å². The van der Waals surface area contributed by atoms with Crippen LogP contribution < -0.4 is 20.8 Å². The van der Waals surface area contributed by atoms with Gasteiger partial charge in [0.05, 0.1) is 10.4 Å². The molecule has 5 aromatic rings. The number of pyridine rings is 1. The molecule has 0 aliphatic heterocycles. The topological polar surface area (TPSA) is 175 Å². The first-order valence-electron chi connectivity index (χ1n) is 13.2. The summed E-state index contributed by atoms with van der Waals surface area (Å²) in [6, 6.07) is 18.8. The Bertz CT molecular complexity index is 1940. The monoisotopic (exact) mass is 600 g/mol. The van der Waals surface area contributed by atoms with Crippen molar-refractivity contribution in [2.24, 2.45) is 7.05 Å². The molecule has 1 atom stereocenters. The fourth-order valence-corrected chi connectivity index (χ4v) is 5.72. The van der Waals surface area contributed by atoms with E-state index in [1.54, 1.807) is 48.3 Å².